The Bertz CT molecular complexity index is 1010. The summed E-state index contributed by atoms with van der Waals surface area (Å²) in [7, 11) is 2.85. The number of para-hydroxylation sites is 1. The molecule has 1 atom stereocenters. The maximum Gasteiger partial charge on any atom is 0.276 e. The van der Waals surface area contributed by atoms with Crippen LogP contribution in [0.1, 0.15) is 20.8 Å². The Hall–Kier alpha value is -3.04. The van der Waals surface area contributed by atoms with Crippen molar-refractivity contribution < 1.29 is 28.5 Å². The van der Waals surface area contributed by atoms with Gasteiger partial charge in [-0.2, -0.15) is 10.2 Å². The maximum absolute atomic E-state index is 13.2. The first kappa shape index (κ1) is 26.2. The second kappa shape index (κ2) is 12.3. The lowest BCUT2D eigenvalue weighted by Crippen LogP contribution is -2.36. The van der Waals surface area contributed by atoms with Gasteiger partial charge in [0.05, 0.1) is 27.4 Å². The summed E-state index contributed by atoms with van der Waals surface area (Å²) in [5.41, 5.74) is 0.368. The van der Waals surface area contributed by atoms with Crippen LogP contribution in [-0.4, -0.2) is 45.2 Å². The predicted octanol–water partition coefficient (Wildman–Crippen LogP) is 5.38. The third-order valence-electron chi connectivity index (χ3n) is 4.32. The summed E-state index contributed by atoms with van der Waals surface area (Å²) in [5, 5.41) is 8.13. The summed E-state index contributed by atoms with van der Waals surface area (Å²) in [4.78, 5) is 25.5. The molecule has 0 aliphatic heterocycles. The van der Waals surface area contributed by atoms with Crippen LogP contribution in [0, 0.1) is 0 Å². The van der Waals surface area contributed by atoms with Gasteiger partial charge >= 0.3 is 0 Å². The number of nitrogens with zero attached hydrogens (tertiary/aromatic N) is 3. The molecule has 1 unspecified atom stereocenters. The van der Waals surface area contributed by atoms with Crippen molar-refractivity contribution in [2.24, 2.45) is 10.2 Å². The molecule has 9 nitrogen and oxygen atoms in total. The Morgan fingerprint density at radius 3 is 2.09 bits per heavy atom. The number of hydrogen-bond donors (Lipinski definition) is 0. The van der Waals surface area contributed by atoms with Crippen molar-refractivity contribution in [1.82, 2.24) is 0 Å². The lowest BCUT2D eigenvalue weighted by molar-refractivity contribution is -0.126. The number of hydrogen-bond acceptors (Lipinski definition) is 8. The highest BCUT2D eigenvalue weighted by molar-refractivity contribution is 6.40. The van der Waals surface area contributed by atoms with Gasteiger partial charge in [-0.25, -0.2) is 4.42 Å². The molecule has 0 aliphatic carbocycles. The quantitative estimate of drug-likeness (QED) is 0.234. The average Bonchev–Trinajstić information content (AvgIpc) is 2.79. The number of ether oxygens (including phenoxy) is 4. The van der Waals surface area contributed by atoms with Gasteiger partial charge in [0.25, 0.3) is 5.91 Å². The number of ketones is 1. The Morgan fingerprint density at radius 2 is 1.61 bits per heavy atom. The van der Waals surface area contributed by atoms with E-state index < -0.39 is 17.7 Å². The van der Waals surface area contributed by atoms with Crippen LogP contribution in [0.3, 0.4) is 0 Å². The van der Waals surface area contributed by atoms with Crippen LogP contribution in [0.4, 0.5) is 11.4 Å². The molecule has 0 aliphatic rings. The van der Waals surface area contributed by atoms with Gasteiger partial charge in [0.15, 0.2) is 11.5 Å². The molecular formula is C22H25Cl2N3O6. The van der Waals surface area contributed by atoms with E-state index in [1.807, 2.05) is 0 Å². The highest BCUT2D eigenvalue weighted by Crippen LogP contribution is 2.42. The Kier molecular flexibility index (Phi) is 9.74. The van der Waals surface area contributed by atoms with E-state index in [4.69, 9.17) is 42.3 Å². The first-order valence-corrected chi connectivity index (χ1v) is 10.7. The third-order valence-corrected chi connectivity index (χ3v) is 5.01. The number of carbonyl (C=O) groups is 2. The molecule has 0 bridgehead atoms. The van der Waals surface area contributed by atoms with Crippen molar-refractivity contribution in [2.45, 2.75) is 26.8 Å². The molecule has 0 heterocycles. The summed E-state index contributed by atoms with van der Waals surface area (Å²) in [5.74, 6) is -0.226. The second-order valence-electron chi connectivity index (χ2n) is 6.45. The lowest BCUT2D eigenvalue weighted by atomic mass is 10.2. The predicted molar refractivity (Wildman–Crippen MR) is 126 cm³/mol. The molecule has 0 saturated heterocycles. The molecule has 0 radical (unpaired) electrons. The average molecular weight is 498 g/mol. The van der Waals surface area contributed by atoms with Crippen molar-refractivity contribution in [3.63, 3.8) is 0 Å². The van der Waals surface area contributed by atoms with Gasteiger partial charge < -0.3 is 18.9 Å². The van der Waals surface area contributed by atoms with E-state index in [1.54, 1.807) is 38.1 Å². The summed E-state index contributed by atoms with van der Waals surface area (Å²) in [6, 6.07) is 6.54. The minimum Gasteiger partial charge on any atom is -0.495 e. The zero-order valence-corrected chi connectivity index (χ0v) is 20.4. The molecule has 2 rings (SSSR count). The van der Waals surface area contributed by atoms with Crippen LogP contribution in [0.2, 0.25) is 5.02 Å². The topological polar surface area (TPSA) is 99.0 Å². The fourth-order valence-electron chi connectivity index (χ4n) is 2.84. The van der Waals surface area contributed by atoms with E-state index in [-0.39, 0.29) is 22.1 Å². The van der Waals surface area contributed by atoms with Crippen molar-refractivity contribution >= 4 is 46.4 Å². The van der Waals surface area contributed by atoms with E-state index in [1.165, 1.54) is 27.2 Å². The fourth-order valence-corrected chi connectivity index (χ4v) is 3.41. The Balaban J connectivity index is 2.45. The first-order valence-electron chi connectivity index (χ1n) is 10.0. The van der Waals surface area contributed by atoms with E-state index in [2.05, 4.69) is 10.2 Å². The molecule has 0 N–H and O–H groups in total. The van der Waals surface area contributed by atoms with Crippen LogP contribution in [0.15, 0.2) is 40.6 Å². The molecule has 0 fully saturated rings. The van der Waals surface area contributed by atoms with Crippen LogP contribution in [0.5, 0.6) is 23.0 Å². The highest BCUT2D eigenvalue weighted by atomic mass is 35.5. The van der Waals surface area contributed by atoms with Gasteiger partial charge in [-0.05, 0) is 45.0 Å². The lowest BCUT2D eigenvalue weighted by Gasteiger charge is -2.22. The van der Waals surface area contributed by atoms with Crippen molar-refractivity contribution in [2.75, 3.05) is 31.9 Å². The molecular weight excluding hydrogens is 473 g/mol. The normalized spacial score (nSPS) is 11.7. The maximum atomic E-state index is 13.2. The smallest absolute Gasteiger partial charge is 0.276 e. The summed E-state index contributed by atoms with van der Waals surface area (Å²) in [6.07, 6.45) is 0. The van der Waals surface area contributed by atoms with Crippen LogP contribution < -0.4 is 23.4 Å². The molecule has 11 heteroatoms. The van der Waals surface area contributed by atoms with Gasteiger partial charge in [-0.1, -0.05) is 17.7 Å². The van der Waals surface area contributed by atoms with Crippen molar-refractivity contribution in [3.05, 3.63) is 35.4 Å². The third kappa shape index (κ3) is 6.06. The van der Waals surface area contributed by atoms with Crippen LogP contribution >= 0.6 is 23.4 Å². The molecule has 0 aromatic heterocycles. The molecule has 2 aromatic carbocycles. The largest absolute Gasteiger partial charge is 0.495 e. The van der Waals surface area contributed by atoms with Crippen molar-refractivity contribution in [1.29, 1.82) is 0 Å². The van der Waals surface area contributed by atoms with Gasteiger partial charge in [0, 0.05) is 11.8 Å². The number of methoxy groups -OCH3 is 2. The summed E-state index contributed by atoms with van der Waals surface area (Å²) in [6.45, 7) is 5.45. The fraction of sp³-hybridized carbons (Fsp3) is 0.364. The number of benzene rings is 2. The van der Waals surface area contributed by atoms with Crippen LogP contribution in [0.25, 0.3) is 0 Å². The monoisotopic (exact) mass is 497 g/mol. The number of azo groups is 1. The SMILES string of the molecule is CCOc1cccc(OCC)c1N(Cl)C(=O)C(N=Nc1ccc(OC)c(Cl)c1OC)C(C)=O. The second-order valence-corrected chi connectivity index (χ2v) is 7.17. The van der Waals surface area contributed by atoms with E-state index in [0.717, 1.165) is 4.42 Å². The molecule has 2 aromatic rings. The molecule has 0 saturated carbocycles. The molecule has 178 valence electrons. The summed E-state index contributed by atoms with van der Waals surface area (Å²) >= 11 is 12.6. The number of amides is 1. The number of Topliss-reactive ketones (excluding diaryl/α,β-unsaturated/α-hetero) is 1. The number of halogens is 2. The number of carbonyl (C=O) groups excluding carboxylic acids is 2. The summed E-state index contributed by atoms with van der Waals surface area (Å²) < 4.78 is 22.4. The Labute approximate surface area is 202 Å². The van der Waals surface area contributed by atoms with Gasteiger partial charge in [-0.15, -0.1) is 0 Å². The minimum absolute atomic E-state index is 0.166. The number of rotatable bonds is 11. The van der Waals surface area contributed by atoms with Gasteiger partial charge in [0.2, 0.25) is 6.04 Å². The zero-order chi connectivity index (χ0) is 24.5. The standard InChI is InChI=1S/C22H25Cl2N3O6/c1-6-32-16-9-8-10-17(33-7-2)20(16)27(24)22(29)19(13(3)28)26-25-14-11-12-15(30-4)18(23)21(14)31-5/h8-12,19H,6-7H2,1-5H3. The van der Waals surface area contributed by atoms with Gasteiger partial charge in [-0.3, -0.25) is 9.59 Å². The van der Waals surface area contributed by atoms with Gasteiger partial charge in [0.1, 0.15) is 33.6 Å². The van der Waals surface area contributed by atoms with Crippen LogP contribution in [-0.2, 0) is 9.59 Å². The Morgan fingerprint density at radius 1 is 1.00 bits per heavy atom. The van der Waals surface area contributed by atoms with E-state index in [9.17, 15) is 9.59 Å². The first-order chi connectivity index (χ1) is 15.8. The number of anilines is 1. The van der Waals surface area contributed by atoms with E-state index >= 15 is 0 Å². The molecule has 33 heavy (non-hydrogen) atoms. The molecule has 0 spiro atoms. The van der Waals surface area contributed by atoms with Crippen molar-refractivity contribution in [3.8, 4) is 23.0 Å². The minimum atomic E-state index is -1.53. The van der Waals surface area contributed by atoms with E-state index in [0.29, 0.717) is 30.5 Å². The molecule has 1 amide bonds. The highest BCUT2D eigenvalue weighted by Gasteiger charge is 2.32. The zero-order valence-electron chi connectivity index (χ0n) is 18.9.